The standard InChI is InChI=1S/C17H26N2O3/c1-14(11-18-17(20)13-22-10-9-21-2)19-8-7-15-5-3-4-6-16(15)12-19/h3-6,14H,7-13H2,1-2H3,(H,18,20). The quantitative estimate of drug-likeness (QED) is 0.734. The number of rotatable bonds is 8. The lowest BCUT2D eigenvalue weighted by Gasteiger charge is -2.33. The highest BCUT2D eigenvalue weighted by atomic mass is 16.5. The van der Waals surface area contributed by atoms with Crippen LogP contribution in [0.15, 0.2) is 24.3 Å². The van der Waals surface area contributed by atoms with E-state index in [1.807, 2.05) is 0 Å². The Bertz CT molecular complexity index is 479. The van der Waals surface area contributed by atoms with Crippen LogP contribution in [0.2, 0.25) is 0 Å². The number of nitrogens with zero attached hydrogens (tertiary/aromatic N) is 1. The Morgan fingerprint density at radius 1 is 1.32 bits per heavy atom. The second-order valence-electron chi connectivity index (χ2n) is 5.69. The Labute approximate surface area is 132 Å². The summed E-state index contributed by atoms with van der Waals surface area (Å²) in [7, 11) is 1.61. The fourth-order valence-electron chi connectivity index (χ4n) is 2.64. The molecule has 1 N–H and O–H groups in total. The van der Waals surface area contributed by atoms with Crippen molar-refractivity contribution in [2.24, 2.45) is 0 Å². The molecule has 1 aromatic rings. The van der Waals surface area contributed by atoms with Gasteiger partial charge in [0, 0.05) is 32.8 Å². The molecular formula is C17H26N2O3. The van der Waals surface area contributed by atoms with Gasteiger partial charge in [0.25, 0.3) is 0 Å². The van der Waals surface area contributed by atoms with Crippen molar-refractivity contribution in [2.45, 2.75) is 25.9 Å². The molecule has 1 aliphatic rings. The molecule has 122 valence electrons. The SMILES string of the molecule is COCCOCC(=O)NCC(C)N1CCc2ccccc2C1. The minimum absolute atomic E-state index is 0.0691. The fourth-order valence-corrected chi connectivity index (χ4v) is 2.64. The van der Waals surface area contributed by atoms with E-state index in [0.29, 0.717) is 25.8 Å². The Morgan fingerprint density at radius 2 is 2.09 bits per heavy atom. The molecule has 5 heteroatoms. The predicted molar refractivity (Wildman–Crippen MR) is 85.7 cm³/mol. The van der Waals surface area contributed by atoms with Crippen LogP contribution in [-0.2, 0) is 27.2 Å². The first-order valence-corrected chi connectivity index (χ1v) is 7.85. The van der Waals surface area contributed by atoms with E-state index in [9.17, 15) is 4.79 Å². The van der Waals surface area contributed by atoms with Gasteiger partial charge in [-0.25, -0.2) is 0 Å². The zero-order valence-electron chi connectivity index (χ0n) is 13.5. The van der Waals surface area contributed by atoms with Crippen molar-refractivity contribution in [3.8, 4) is 0 Å². The van der Waals surface area contributed by atoms with E-state index in [2.05, 4.69) is 41.4 Å². The summed E-state index contributed by atoms with van der Waals surface area (Å²) in [5.41, 5.74) is 2.84. The smallest absolute Gasteiger partial charge is 0.246 e. The number of hydrogen-bond acceptors (Lipinski definition) is 4. The molecule has 0 fully saturated rings. The summed E-state index contributed by atoms with van der Waals surface area (Å²) in [4.78, 5) is 14.1. The van der Waals surface area contributed by atoms with Crippen LogP contribution in [-0.4, -0.2) is 56.9 Å². The number of benzene rings is 1. The molecular weight excluding hydrogens is 280 g/mol. The molecule has 0 saturated heterocycles. The van der Waals surface area contributed by atoms with Crippen LogP contribution in [0.3, 0.4) is 0 Å². The van der Waals surface area contributed by atoms with Crippen molar-refractivity contribution >= 4 is 5.91 Å². The molecule has 1 atom stereocenters. The number of amides is 1. The number of nitrogens with one attached hydrogen (secondary N) is 1. The van der Waals surface area contributed by atoms with E-state index in [4.69, 9.17) is 9.47 Å². The van der Waals surface area contributed by atoms with E-state index >= 15 is 0 Å². The van der Waals surface area contributed by atoms with Gasteiger partial charge in [-0.1, -0.05) is 24.3 Å². The van der Waals surface area contributed by atoms with Gasteiger partial charge in [0.2, 0.25) is 5.91 Å². The average Bonchev–Trinajstić information content (AvgIpc) is 2.56. The molecule has 0 aromatic heterocycles. The highest BCUT2D eigenvalue weighted by Crippen LogP contribution is 2.19. The largest absolute Gasteiger partial charge is 0.382 e. The molecule has 0 radical (unpaired) electrons. The molecule has 0 spiro atoms. The van der Waals surface area contributed by atoms with Crippen molar-refractivity contribution in [2.75, 3.05) is 40.0 Å². The first kappa shape index (κ1) is 16.9. The monoisotopic (exact) mass is 306 g/mol. The van der Waals surface area contributed by atoms with Crippen molar-refractivity contribution in [1.29, 1.82) is 0 Å². The number of fused-ring (bicyclic) bond motifs is 1. The second-order valence-corrected chi connectivity index (χ2v) is 5.69. The Morgan fingerprint density at radius 3 is 2.86 bits per heavy atom. The van der Waals surface area contributed by atoms with Gasteiger partial charge in [-0.3, -0.25) is 9.69 Å². The molecule has 1 aromatic carbocycles. The summed E-state index contributed by atoms with van der Waals surface area (Å²) in [6.07, 6.45) is 1.08. The fraction of sp³-hybridized carbons (Fsp3) is 0.588. The summed E-state index contributed by atoms with van der Waals surface area (Å²) in [6.45, 7) is 5.85. The molecule has 0 bridgehead atoms. The van der Waals surface area contributed by atoms with Crippen LogP contribution in [0.25, 0.3) is 0 Å². The van der Waals surface area contributed by atoms with Gasteiger partial charge in [-0.2, -0.15) is 0 Å². The third kappa shape index (κ3) is 5.09. The van der Waals surface area contributed by atoms with E-state index in [1.54, 1.807) is 7.11 Å². The third-order valence-corrected chi connectivity index (χ3v) is 4.04. The molecule has 0 saturated carbocycles. The highest BCUT2D eigenvalue weighted by Gasteiger charge is 2.20. The van der Waals surface area contributed by atoms with Crippen LogP contribution in [0, 0.1) is 0 Å². The van der Waals surface area contributed by atoms with Gasteiger partial charge in [-0.15, -0.1) is 0 Å². The average molecular weight is 306 g/mol. The number of hydrogen-bond donors (Lipinski definition) is 1. The van der Waals surface area contributed by atoms with E-state index in [0.717, 1.165) is 19.5 Å². The molecule has 22 heavy (non-hydrogen) atoms. The Hall–Kier alpha value is -1.43. The van der Waals surface area contributed by atoms with Crippen LogP contribution >= 0.6 is 0 Å². The van der Waals surface area contributed by atoms with Gasteiger partial charge < -0.3 is 14.8 Å². The minimum Gasteiger partial charge on any atom is -0.382 e. The second kappa shape index (κ2) is 8.88. The summed E-state index contributed by atoms with van der Waals surface area (Å²) in [6, 6.07) is 8.90. The van der Waals surface area contributed by atoms with Gasteiger partial charge in [-0.05, 0) is 24.5 Å². The van der Waals surface area contributed by atoms with E-state index < -0.39 is 0 Å². The molecule has 0 aliphatic carbocycles. The Kier molecular flexibility index (Phi) is 6.83. The van der Waals surface area contributed by atoms with Gasteiger partial charge in [0.05, 0.1) is 13.2 Å². The number of carbonyl (C=O) groups is 1. The van der Waals surface area contributed by atoms with E-state index in [-0.39, 0.29) is 12.5 Å². The minimum atomic E-state index is -0.0691. The number of ether oxygens (including phenoxy) is 2. The maximum absolute atomic E-state index is 11.7. The summed E-state index contributed by atoms with van der Waals surface area (Å²) in [5.74, 6) is -0.0691. The van der Waals surface area contributed by atoms with Crippen molar-refractivity contribution in [3.05, 3.63) is 35.4 Å². The third-order valence-electron chi connectivity index (χ3n) is 4.04. The van der Waals surface area contributed by atoms with Crippen LogP contribution in [0.1, 0.15) is 18.1 Å². The zero-order chi connectivity index (χ0) is 15.8. The van der Waals surface area contributed by atoms with Gasteiger partial charge in [0.1, 0.15) is 6.61 Å². The lowest BCUT2D eigenvalue weighted by molar-refractivity contribution is -0.126. The highest BCUT2D eigenvalue weighted by molar-refractivity contribution is 5.77. The first-order chi connectivity index (χ1) is 10.7. The molecule has 2 rings (SSSR count). The Balaban J connectivity index is 1.70. The summed E-state index contributed by atoms with van der Waals surface area (Å²) in [5, 5.41) is 2.93. The van der Waals surface area contributed by atoms with Crippen LogP contribution in [0.5, 0.6) is 0 Å². The lowest BCUT2D eigenvalue weighted by atomic mass is 9.99. The maximum atomic E-state index is 11.7. The van der Waals surface area contributed by atoms with Crippen molar-refractivity contribution in [1.82, 2.24) is 10.2 Å². The normalized spacial score (nSPS) is 16.1. The molecule has 1 aliphatic heterocycles. The van der Waals surface area contributed by atoms with E-state index in [1.165, 1.54) is 11.1 Å². The molecule has 5 nitrogen and oxygen atoms in total. The predicted octanol–water partition coefficient (Wildman–Crippen LogP) is 1.21. The van der Waals surface area contributed by atoms with Gasteiger partial charge >= 0.3 is 0 Å². The lowest BCUT2D eigenvalue weighted by Crippen LogP contribution is -2.45. The van der Waals surface area contributed by atoms with Crippen molar-refractivity contribution in [3.63, 3.8) is 0 Å². The zero-order valence-corrected chi connectivity index (χ0v) is 13.5. The molecule has 1 unspecified atom stereocenters. The molecule has 1 heterocycles. The number of carbonyl (C=O) groups excluding carboxylic acids is 1. The van der Waals surface area contributed by atoms with Crippen molar-refractivity contribution < 1.29 is 14.3 Å². The van der Waals surface area contributed by atoms with Gasteiger partial charge in [0.15, 0.2) is 0 Å². The van der Waals surface area contributed by atoms with Crippen LogP contribution in [0.4, 0.5) is 0 Å². The molecule has 1 amide bonds. The maximum Gasteiger partial charge on any atom is 0.246 e. The topological polar surface area (TPSA) is 50.8 Å². The first-order valence-electron chi connectivity index (χ1n) is 7.85. The summed E-state index contributed by atoms with van der Waals surface area (Å²) >= 11 is 0. The van der Waals surface area contributed by atoms with Crippen LogP contribution < -0.4 is 5.32 Å². The summed E-state index contributed by atoms with van der Waals surface area (Å²) < 4.78 is 10.1. The number of methoxy groups -OCH3 is 1.